The minimum atomic E-state index is -0.546. The molecule has 0 amide bonds. The number of benzene rings is 4. The van der Waals surface area contributed by atoms with E-state index in [0.717, 1.165) is 11.5 Å². The number of rotatable bonds is 0. The van der Waals surface area contributed by atoms with Crippen molar-refractivity contribution in [1.82, 2.24) is 4.40 Å². The number of hydrogen-bond acceptors (Lipinski definition) is 1. The van der Waals surface area contributed by atoms with Gasteiger partial charge >= 0.3 is 11.3 Å². The Morgan fingerprint density at radius 2 is 1.58 bits per heavy atom. The number of nitrogens with zero attached hydrogens (tertiary/aromatic N) is 3. The Kier molecular flexibility index (Phi) is 2.66. The van der Waals surface area contributed by atoms with Gasteiger partial charge in [0, 0.05) is 22.9 Å². The lowest BCUT2D eigenvalue weighted by Gasteiger charge is -2.28. The molecule has 3 aromatic heterocycles. The Bertz CT molecular complexity index is 2210. The first-order chi connectivity index (χ1) is 17.8. The van der Waals surface area contributed by atoms with E-state index in [1.54, 1.807) is 0 Å². The number of fused-ring (bicyclic) bond motifs is 8. The van der Waals surface area contributed by atoms with Crippen molar-refractivity contribution in [1.29, 1.82) is 0 Å². The van der Waals surface area contributed by atoms with Gasteiger partial charge in [-0.05, 0) is 55.0 Å². The Balaban J connectivity index is 1.61. The molecule has 0 saturated carbocycles. The smallest absolute Gasteiger partial charge is 0.372 e. The molecule has 166 valence electrons. The number of hydrogen-bond donors (Lipinski definition) is 0. The highest BCUT2D eigenvalue weighted by molar-refractivity contribution is 6.16. The second-order valence-corrected chi connectivity index (χ2v) is 10.3. The molecular weight excluding hydrogens is 442 g/mol. The highest BCUT2D eigenvalue weighted by atomic mass is 16.5. The Labute approximate surface area is 205 Å². The lowest BCUT2D eigenvalue weighted by molar-refractivity contribution is -0.940. The van der Waals surface area contributed by atoms with Gasteiger partial charge < -0.3 is 4.74 Å². The summed E-state index contributed by atoms with van der Waals surface area (Å²) in [4.78, 5) is 0. The highest BCUT2D eigenvalue weighted by Crippen LogP contribution is 2.57. The quantitative estimate of drug-likeness (QED) is 0.201. The lowest BCUT2D eigenvalue weighted by Crippen LogP contribution is -2.71. The molecule has 0 N–H and O–H groups in total. The number of aryl methyl sites for hydroxylation is 1. The first kappa shape index (κ1) is 17.7. The molecule has 0 saturated heterocycles. The summed E-state index contributed by atoms with van der Waals surface area (Å²) in [7, 11) is 0. The maximum absolute atomic E-state index is 6.70. The molecule has 3 aliphatic heterocycles. The van der Waals surface area contributed by atoms with Crippen molar-refractivity contribution < 1.29 is 13.9 Å². The average Bonchev–Trinajstić information content (AvgIpc) is 3.52. The molecule has 0 radical (unpaired) electrons. The monoisotopic (exact) mass is 461 g/mol. The molecule has 1 atom stereocenters. The van der Waals surface area contributed by atoms with Gasteiger partial charge in [-0.3, -0.25) is 0 Å². The molecule has 6 heterocycles. The predicted octanol–water partition coefficient (Wildman–Crippen LogP) is 5.98. The van der Waals surface area contributed by atoms with E-state index in [2.05, 4.69) is 118 Å². The molecule has 0 bridgehead atoms. The van der Waals surface area contributed by atoms with Crippen LogP contribution in [0.25, 0.3) is 49.6 Å². The van der Waals surface area contributed by atoms with Crippen LogP contribution in [0.15, 0.2) is 97.2 Å². The minimum Gasteiger partial charge on any atom is -0.456 e. The van der Waals surface area contributed by atoms with E-state index < -0.39 is 5.66 Å². The maximum atomic E-state index is 6.70. The standard InChI is InChI=1S/C32H19N3O/c1-18-15-16-33-25(17-18)21-8-6-12-26-29(21)32(33)30-27(36-26)14-13-20-19-7-2-3-9-22(19)34-23-10-4-5-11-24(23)35(32)31(34)28(20)30/h2-17H,1H3/q+2. The number of ether oxygens (including phenoxy) is 1. The van der Waals surface area contributed by atoms with Crippen molar-refractivity contribution in [2.24, 2.45) is 0 Å². The number of imidazole rings is 1. The van der Waals surface area contributed by atoms with Crippen LogP contribution >= 0.6 is 0 Å². The van der Waals surface area contributed by atoms with Gasteiger partial charge in [-0.1, -0.05) is 36.4 Å². The Morgan fingerprint density at radius 1 is 0.750 bits per heavy atom. The first-order valence-electron chi connectivity index (χ1n) is 12.5. The summed E-state index contributed by atoms with van der Waals surface area (Å²) in [6.45, 7) is 2.17. The minimum absolute atomic E-state index is 0.546. The second kappa shape index (κ2) is 5.42. The first-order valence-corrected chi connectivity index (χ1v) is 12.5. The maximum Gasteiger partial charge on any atom is 0.372 e. The largest absolute Gasteiger partial charge is 0.456 e. The molecule has 0 fully saturated rings. The van der Waals surface area contributed by atoms with Crippen molar-refractivity contribution in [2.75, 3.05) is 0 Å². The highest BCUT2D eigenvalue weighted by Gasteiger charge is 2.68. The fourth-order valence-electron chi connectivity index (χ4n) is 7.43. The van der Waals surface area contributed by atoms with E-state index in [-0.39, 0.29) is 0 Å². The van der Waals surface area contributed by atoms with Crippen molar-refractivity contribution in [2.45, 2.75) is 12.6 Å². The van der Waals surface area contributed by atoms with Crippen LogP contribution in [-0.2, 0) is 5.66 Å². The van der Waals surface area contributed by atoms with Crippen LogP contribution in [0, 0.1) is 6.92 Å². The van der Waals surface area contributed by atoms with Gasteiger partial charge in [0.1, 0.15) is 28.1 Å². The summed E-state index contributed by atoms with van der Waals surface area (Å²) in [5.41, 5.74) is 10.6. The van der Waals surface area contributed by atoms with Crippen LogP contribution in [0.3, 0.4) is 0 Å². The number of aromatic nitrogens is 3. The van der Waals surface area contributed by atoms with E-state index in [1.165, 1.54) is 66.3 Å². The van der Waals surface area contributed by atoms with Gasteiger partial charge in [-0.25, -0.2) is 0 Å². The molecule has 36 heavy (non-hydrogen) atoms. The van der Waals surface area contributed by atoms with Gasteiger partial charge in [0.25, 0.3) is 0 Å². The Morgan fingerprint density at radius 3 is 2.53 bits per heavy atom. The molecule has 4 heteroatoms. The number of pyridine rings is 2. The summed E-state index contributed by atoms with van der Waals surface area (Å²) in [5, 5.41) is 3.82. The summed E-state index contributed by atoms with van der Waals surface area (Å²) >= 11 is 0. The topological polar surface area (TPSA) is 21.4 Å². The fraction of sp³-hybridized carbons (Fsp3) is 0.0625. The van der Waals surface area contributed by atoms with E-state index in [9.17, 15) is 0 Å². The van der Waals surface area contributed by atoms with Crippen LogP contribution in [0.4, 0.5) is 0 Å². The van der Waals surface area contributed by atoms with Gasteiger partial charge in [-0.2, -0.15) is 4.40 Å². The zero-order valence-corrected chi connectivity index (χ0v) is 19.5. The average molecular weight is 462 g/mol. The van der Waals surface area contributed by atoms with Crippen LogP contribution in [0.1, 0.15) is 16.7 Å². The molecule has 0 aliphatic carbocycles. The summed E-state index contributed by atoms with van der Waals surface area (Å²) in [5.74, 6) is 1.88. The van der Waals surface area contributed by atoms with Crippen molar-refractivity contribution in [3.8, 4) is 22.8 Å². The molecule has 7 aromatic rings. The van der Waals surface area contributed by atoms with Crippen molar-refractivity contribution in [3.63, 3.8) is 0 Å². The summed E-state index contributed by atoms with van der Waals surface area (Å²) < 4.78 is 14.2. The third-order valence-electron chi connectivity index (χ3n) is 8.61. The third-order valence-corrected chi connectivity index (χ3v) is 8.61. The number of para-hydroxylation sites is 3. The molecule has 4 nitrogen and oxygen atoms in total. The van der Waals surface area contributed by atoms with Gasteiger partial charge in [-0.15, -0.1) is 9.13 Å². The molecule has 10 rings (SSSR count). The zero-order chi connectivity index (χ0) is 23.3. The molecular formula is C32H19N3O+2. The third kappa shape index (κ3) is 1.59. The summed E-state index contributed by atoms with van der Waals surface area (Å²) in [6.07, 6.45) is 2.28. The van der Waals surface area contributed by atoms with E-state index in [1.807, 2.05) is 0 Å². The van der Waals surface area contributed by atoms with Gasteiger partial charge in [0.2, 0.25) is 5.69 Å². The van der Waals surface area contributed by atoms with Crippen molar-refractivity contribution >= 4 is 38.4 Å². The van der Waals surface area contributed by atoms with Crippen LogP contribution in [-0.4, -0.2) is 4.40 Å². The van der Waals surface area contributed by atoms with Crippen LogP contribution in [0.5, 0.6) is 11.5 Å². The van der Waals surface area contributed by atoms with Crippen LogP contribution in [0.2, 0.25) is 0 Å². The predicted molar refractivity (Wildman–Crippen MR) is 139 cm³/mol. The van der Waals surface area contributed by atoms with Gasteiger partial charge in [0.05, 0.1) is 10.9 Å². The molecule has 1 unspecified atom stereocenters. The van der Waals surface area contributed by atoms with E-state index in [4.69, 9.17) is 4.74 Å². The zero-order valence-electron chi connectivity index (χ0n) is 19.5. The second-order valence-electron chi connectivity index (χ2n) is 10.3. The SMILES string of the molecule is Cc1cc[n+]2c(c1)-c1cccc3c1C21c2c(ccc4c5ccccc5n5c6ccccc6[n+]1c5c24)O3. The lowest BCUT2D eigenvalue weighted by atomic mass is 9.85. The molecule has 1 spiro atoms. The van der Waals surface area contributed by atoms with E-state index in [0.29, 0.717) is 0 Å². The van der Waals surface area contributed by atoms with Gasteiger partial charge in [0.15, 0.2) is 17.2 Å². The molecule has 3 aliphatic rings. The fourth-order valence-corrected chi connectivity index (χ4v) is 7.43. The summed E-state index contributed by atoms with van der Waals surface area (Å²) in [6, 6.07) is 33.1. The molecule has 4 aromatic carbocycles. The van der Waals surface area contributed by atoms with E-state index >= 15 is 0 Å². The normalized spacial score (nSPS) is 17.9. The van der Waals surface area contributed by atoms with Crippen molar-refractivity contribution in [3.05, 3.63) is 114 Å². The van der Waals surface area contributed by atoms with Crippen LogP contribution < -0.4 is 13.9 Å². The Hall–Kier alpha value is -4.70.